The van der Waals surface area contributed by atoms with E-state index in [0.717, 1.165) is 18.4 Å². The van der Waals surface area contributed by atoms with Gasteiger partial charge in [0.25, 0.3) is 11.8 Å². The molecule has 1 saturated heterocycles. The zero-order chi connectivity index (χ0) is 39.8. The summed E-state index contributed by atoms with van der Waals surface area (Å²) in [7, 11) is -2.33. The Hall–Kier alpha value is -5.19. The van der Waals surface area contributed by atoms with E-state index >= 15 is 0 Å². The molecule has 4 aliphatic rings. The number of carbonyl (C=O) groups excluding carboxylic acids is 4. The van der Waals surface area contributed by atoms with Crippen LogP contribution in [0, 0.1) is 12.8 Å². The molecule has 17 heteroatoms. The summed E-state index contributed by atoms with van der Waals surface area (Å²) < 4.78 is 46.2. The molecule has 2 aliphatic carbocycles. The van der Waals surface area contributed by atoms with Crippen LogP contribution in [0.5, 0.6) is 17.4 Å². The first-order valence-electron chi connectivity index (χ1n) is 19.3. The van der Waals surface area contributed by atoms with Gasteiger partial charge in [0.15, 0.2) is 0 Å². The van der Waals surface area contributed by atoms with Gasteiger partial charge in [-0.05, 0) is 77.5 Å². The number of carbonyl (C=O) groups is 4. The molecule has 5 atom stereocenters. The molecule has 4 N–H and O–H groups in total. The van der Waals surface area contributed by atoms with Gasteiger partial charge in [0, 0.05) is 35.6 Å². The van der Waals surface area contributed by atoms with Crippen LogP contribution in [0.3, 0.4) is 0 Å². The van der Waals surface area contributed by atoms with Crippen molar-refractivity contribution in [1.82, 2.24) is 35.4 Å². The highest BCUT2D eigenvalue weighted by Crippen LogP contribution is 2.46. The summed E-state index contributed by atoms with van der Waals surface area (Å²) in [6.45, 7) is 5.62. The van der Waals surface area contributed by atoms with Crippen molar-refractivity contribution in [1.29, 1.82) is 0 Å². The van der Waals surface area contributed by atoms with Crippen molar-refractivity contribution in [2.75, 3.05) is 13.7 Å². The van der Waals surface area contributed by atoms with Crippen LogP contribution in [-0.2, 0) is 24.4 Å². The van der Waals surface area contributed by atoms with Crippen molar-refractivity contribution in [3.63, 3.8) is 0 Å². The monoisotopic (exact) mass is 791 g/mol. The highest BCUT2D eigenvalue weighted by atomic mass is 32.2. The van der Waals surface area contributed by atoms with Crippen molar-refractivity contribution < 1.29 is 41.8 Å². The molecule has 0 radical (unpaired) electrons. The van der Waals surface area contributed by atoms with Gasteiger partial charge in [0.1, 0.15) is 40.9 Å². The fourth-order valence-corrected chi connectivity index (χ4v) is 8.99. The maximum atomic E-state index is 14.6. The van der Waals surface area contributed by atoms with Crippen LogP contribution in [0.25, 0.3) is 10.9 Å². The number of rotatable bonds is 10. The minimum atomic E-state index is -3.90. The lowest BCUT2D eigenvalue weighted by atomic mass is 10.0. The second-order valence-electron chi connectivity index (χ2n) is 15.4. The van der Waals surface area contributed by atoms with E-state index in [1.54, 1.807) is 13.2 Å². The zero-order valence-electron chi connectivity index (χ0n) is 32.0. The molecular weight excluding hydrogens is 743 g/mol. The Morgan fingerprint density at radius 1 is 1.07 bits per heavy atom. The summed E-state index contributed by atoms with van der Waals surface area (Å²) in [5.41, 5.74) is -0.0333. The second kappa shape index (κ2) is 15.7. The molecule has 0 unspecified atom stereocenters. The first-order valence-corrected chi connectivity index (χ1v) is 20.8. The van der Waals surface area contributed by atoms with Crippen molar-refractivity contribution in [3.05, 3.63) is 53.9 Å². The molecule has 3 fully saturated rings. The van der Waals surface area contributed by atoms with Gasteiger partial charge in [0.2, 0.25) is 27.7 Å². The van der Waals surface area contributed by atoms with Gasteiger partial charge in [-0.15, -0.1) is 0 Å². The number of hydrogen-bond donors (Lipinski definition) is 4. The summed E-state index contributed by atoms with van der Waals surface area (Å²) >= 11 is 0. The van der Waals surface area contributed by atoms with Crippen molar-refractivity contribution >= 4 is 44.6 Å². The van der Waals surface area contributed by atoms with Crippen LogP contribution in [-0.4, -0.2) is 101 Å². The number of aromatic amines is 1. The third kappa shape index (κ3) is 8.18. The smallest absolute Gasteiger partial charge is 0.272 e. The van der Waals surface area contributed by atoms with Gasteiger partial charge in [-0.2, -0.15) is 5.10 Å². The first-order chi connectivity index (χ1) is 26.8. The minimum absolute atomic E-state index is 0.0242. The summed E-state index contributed by atoms with van der Waals surface area (Å²) in [6.07, 6.45) is 8.76. The fraction of sp³-hybridized carbons (Fsp3) is 0.538. The Morgan fingerprint density at radius 3 is 2.59 bits per heavy atom. The minimum Gasteiger partial charge on any atom is -0.496 e. The number of allylic oxidation sites excluding steroid dienone is 1. The molecule has 3 aromatic rings. The molecular formula is C39H49N7O9S. The van der Waals surface area contributed by atoms with E-state index in [9.17, 15) is 27.6 Å². The lowest BCUT2D eigenvalue weighted by molar-refractivity contribution is -0.141. The van der Waals surface area contributed by atoms with Crippen LogP contribution >= 0.6 is 0 Å². The number of nitrogens with one attached hydrogen (secondary N) is 4. The first kappa shape index (κ1) is 39.1. The summed E-state index contributed by atoms with van der Waals surface area (Å²) in [5, 5.41) is 12.3. The highest BCUT2D eigenvalue weighted by molar-refractivity contribution is 7.91. The van der Waals surface area contributed by atoms with Crippen LogP contribution < -0.4 is 29.6 Å². The zero-order valence-corrected chi connectivity index (χ0v) is 32.8. The molecule has 56 heavy (non-hydrogen) atoms. The molecule has 300 valence electrons. The van der Waals surface area contributed by atoms with Crippen LogP contribution in [0.15, 0.2) is 42.6 Å². The molecule has 1 aromatic carbocycles. The lowest BCUT2D eigenvalue weighted by Crippen LogP contribution is -2.58. The van der Waals surface area contributed by atoms with Gasteiger partial charge in [-0.25, -0.2) is 13.4 Å². The summed E-state index contributed by atoms with van der Waals surface area (Å²) in [5.74, 6) is -1.51. The maximum absolute atomic E-state index is 14.6. The van der Waals surface area contributed by atoms with Gasteiger partial charge in [-0.3, -0.25) is 29.0 Å². The Bertz CT molecular complexity index is 2140. The maximum Gasteiger partial charge on any atom is 0.272 e. The number of methoxy groups -OCH3 is 1. The average molecular weight is 792 g/mol. The summed E-state index contributed by atoms with van der Waals surface area (Å²) in [4.78, 5) is 62.3. The Kier molecular flexibility index (Phi) is 11.0. The lowest BCUT2D eigenvalue weighted by Gasteiger charge is -2.29. The number of aromatic nitrogens is 3. The number of sulfonamides is 1. The van der Waals surface area contributed by atoms with Crippen LogP contribution in [0.4, 0.5) is 0 Å². The number of benzene rings is 1. The van der Waals surface area contributed by atoms with Gasteiger partial charge >= 0.3 is 0 Å². The Balaban J connectivity index is 1.23. The highest BCUT2D eigenvalue weighted by Gasteiger charge is 2.62. The van der Waals surface area contributed by atoms with E-state index in [4.69, 9.17) is 19.2 Å². The number of ether oxygens (including phenoxy) is 3. The largest absolute Gasteiger partial charge is 0.496 e. The van der Waals surface area contributed by atoms with E-state index in [-0.39, 0.29) is 31.2 Å². The molecule has 2 aromatic heterocycles. The van der Waals surface area contributed by atoms with Gasteiger partial charge < -0.3 is 29.7 Å². The fourth-order valence-electron chi connectivity index (χ4n) is 7.62. The number of fused-ring (bicyclic) bond motifs is 3. The number of H-pyrrole nitrogens is 1. The SMILES string of the molecule is COc1ccc2c(O[C@@H]3C[C@H]4C(=O)N[C@]5(C(=O)NS(=O)(=O)C6CC6)C[C@H]5C=CCCCCC[C@H](NC(=O)c5cc[nH]n5)C(=O)N4C3)cc(OC(C)C)nc2c1C. The standard InChI is InChI=1S/C39H49N7O9S/c1-22(2)54-33-19-32(27-14-15-31(53-4)23(3)34(27)42-33)55-25-18-30-36(48)43-39(38(50)45-56(51,52)26-12-13-26)20-24(39)10-8-6-5-7-9-11-29(37(49)46(30)21-25)41-35(47)28-16-17-40-44-28/h8,10,14-17,19,22,24-26,29-30H,5-7,9,11-13,18,20-21H2,1-4H3,(H,40,44)(H,41,47)(H,43,48)(H,45,50)/t24-,25-,29+,30+,39-/m1/s1. The summed E-state index contributed by atoms with van der Waals surface area (Å²) in [6, 6.07) is 4.70. The third-order valence-corrected chi connectivity index (χ3v) is 12.7. The van der Waals surface area contributed by atoms with E-state index in [0.29, 0.717) is 60.4 Å². The number of pyridine rings is 1. The molecule has 16 nitrogen and oxygen atoms in total. The van der Waals surface area contributed by atoms with E-state index < -0.39 is 68.5 Å². The predicted octanol–water partition coefficient (Wildman–Crippen LogP) is 3.21. The van der Waals surface area contributed by atoms with E-state index in [1.807, 2.05) is 45.1 Å². The number of amides is 4. The van der Waals surface area contributed by atoms with Crippen molar-refractivity contribution in [3.8, 4) is 17.4 Å². The van der Waals surface area contributed by atoms with Crippen LogP contribution in [0.2, 0.25) is 0 Å². The number of aryl methyl sites for hydroxylation is 1. The molecule has 0 spiro atoms. The van der Waals surface area contributed by atoms with E-state index in [1.165, 1.54) is 17.2 Å². The molecule has 7 rings (SSSR count). The number of hydrogen-bond acceptors (Lipinski definition) is 11. The topological polar surface area (TPSA) is 211 Å². The van der Waals surface area contributed by atoms with Crippen LogP contribution in [0.1, 0.15) is 87.7 Å². The normalized spacial score (nSPS) is 25.7. The Morgan fingerprint density at radius 2 is 1.88 bits per heavy atom. The quantitative estimate of drug-likeness (QED) is 0.219. The van der Waals surface area contributed by atoms with Crippen molar-refractivity contribution in [2.45, 2.75) is 114 Å². The second-order valence-corrected chi connectivity index (χ2v) is 17.4. The third-order valence-electron chi connectivity index (χ3n) is 10.9. The average Bonchev–Trinajstić information content (AvgIpc) is 4.01. The van der Waals surface area contributed by atoms with Crippen molar-refractivity contribution in [2.24, 2.45) is 5.92 Å². The van der Waals surface area contributed by atoms with E-state index in [2.05, 4.69) is 25.6 Å². The Labute approximate surface area is 325 Å². The predicted molar refractivity (Wildman–Crippen MR) is 204 cm³/mol. The molecule has 0 bridgehead atoms. The molecule has 4 amide bonds. The van der Waals surface area contributed by atoms with Gasteiger partial charge in [-0.1, -0.05) is 25.0 Å². The molecule has 2 aliphatic heterocycles. The van der Waals surface area contributed by atoms with Gasteiger partial charge in [0.05, 0.1) is 30.5 Å². The number of nitrogens with zero attached hydrogens (tertiary/aromatic N) is 3. The molecule has 4 heterocycles. The molecule has 2 saturated carbocycles.